The van der Waals surface area contributed by atoms with Crippen molar-refractivity contribution in [1.82, 2.24) is 25.2 Å². The number of imidazole rings is 1. The Kier molecular flexibility index (Phi) is 10.1. The molecule has 2 aromatic heterocycles. The van der Waals surface area contributed by atoms with E-state index in [2.05, 4.69) is 63.3 Å². The van der Waals surface area contributed by atoms with Gasteiger partial charge in [0.05, 0.1) is 5.01 Å². The van der Waals surface area contributed by atoms with E-state index in [4.69, 9.17) is 4.99 Å². The Labute approximate surface area is 193 Å². The van der Waals surface area contributed by atoms with Crippen LogP contribution in [0.4, 0.5) is 0 Å². The van der Waals surface area contributed by atoms with Gasteiger partial charge in [-0.1, -0.05) is 30.3 Å². The van der Waals surface area contributed by atoms with Gasteiger partial charge in [-0.05, 0) is 25.8 Å². The summed E-state index contributed by atoms with van der Waals surface area (Å²) >= 11 is 1.74. The molecule has 0 aliphatic carbocycles. The van der Waals surface area contributed by atoms with Crippen LogP contribution in [0.25, 0.3) is 0 Å². The monoisotopic (exact) mass is 524 g/mol. The largest absolute Gasteiger partial charge is 0.357 e. The third-order valence-electron chi connectivity index (χ3n) is 4.31. The van der Waals surface area contributed by atoms with Crippen molar-refractivity contribution >= 4 is 41.3 Å². The van der Waals surface area contributed by atoms with E-state index in [0.717, 1.165) is 49.3 Å². The van der Waals surface area contributed by atoms with Crippen LogP contribution in [0.1, 0.15) is 28.2 Å². The molecule has 0 radical (unpaired) electrons. The zero-order valence-corrected chi connectivity index (χ0v) is 20.1. The van der Waals surface area contributed by atoms with Crippen LogP contribution in [0.5, 0.6) is 0 Å². The second-order valence-electron chi connectivity index (χ2n) is 6.51. The highest BCUT2D eigenvalue weighted by Gasteiger charge is 2.05. The Morgan fingerprint density at radius 3 is 2.69 bits per heavy atom. The molecular formula is C21H29IN6S. The van der Waals surface area contributed by atoms with E-state index in [1.165, 1.54) is 10.4 Å². The number of guanidine groups is 1. The van der Waals surface area contributed by atoms with Gasteiger partial charge < -0.3 is 15.2 Å². The second-order valence-corrected chi connectivity index (χ2v) is 7.83. The molecule has 3 aromatic rings. The molecule has 1 aromatic carbocycles. The molecule has 0 saturated heterocycles. The van der Waals surface area contributed by atoms with E-state index in [0.29, 0.717) is 6.54 Å². The fourth-order valence-electron chi connectivity index (χ4n) is 2.89. The molecule has 0 aliphatic heterocycles. The summed E-state index contributed by atoms with van der Waals surface area (Å²) in [6, 6.07) is 10.5. The van der Waals surface area contributed by atoms with Crippen molar-refractivity contribution < 1.29 is 0 Å². The lowest BCUT2D eigenvalue weighted by atomic mass is 10.1. The van der Waals surface area contributed by atoms with Crippen LogP contribution in [-0.4, -0.2) is 33.6 Å². The normalized spacial score (nSPS) is 11.2. The van der Waals surface area contributed by atoms with E-state index < -0.39 is 0 Å². The highest BCUT2D eigenvalue weighted by molar-refractivity contribution is 14.0. The van der Waals surface area contributed by atoms with Crippen molar-refractivity contribution in [2.24, 2.45) is 4.99 Å². The number of aromatic nitrogens is 3. The minimum Gasteiger partial charge on any atom is -0.357 e. The van der Waals surface area contributed by atoms with Gasteiger partial charge in [-0.3, -0.25) is 0 Å². The fourth-order valence-corrected chi connectivity index (χ4v) is 3.67. The lowest BCUT2D eigenvalue weighted by Crippen LogP contribution is -2.38. The first kappa shape index (κ1) is 23.3. The molecule has 8 heteroatoms. The second kappa shape index (κ2) is 12.6. The predicted molar refractivity (Wildman–Crippen MR) is 131 cm³/mol. The van der Waals surface area contributed by atoms with E-state index >= 15 is 0 Å². The van der Waals surface area contributed by atoms with E-state index in [9.17, 15) is 0 Å². The van der Waals surface area contributed by atoms with Gasteiger partial charge in [-0.15, -0.1) is 35.3 Å². The number of aryl methyl sites for hydroxylation is 3. The number of hydrogen-bond donors (Lipinski definition) is 2. The molecule has 2 heterocycles. The van der Waals surface area contributed by atoms with Crippen LogP contribution in [0.15, 0.2) is 53.9 Å². The average molecular weight is 524 g/mol. The zero-order chi connectivity index (χ0) is 19.6. The summed E-state index contributed by atoms with van der Waals surface area (Å²) in [6.45, 7) is 7.24. The van der Waals surface area contributed by atoms with Crippen molar-refractivity contribution in [2.45, 2.75) is 39.8 Å². The molecule has 0 bridgehead atoms. The van der Waals surface area contributed by atoms with E-state index in [-0.39, 0.29) is 24.0 Å². The van der Waals surface area contributed by atoms with Crippen LogP contribution >= 0.6 is 35.3 Å². The maximum Gasteiger partial charge on any atom is 0.191 e. The van der Waals surface area contributed by atoms with Crippen molar-refractivity contribution in [2.75, 3.05) is 13.1 Å². The van der Waals surface area contributed by atoms with E-state index in [1.807, 2.05) is 24.7 Å². The molecule has 2 N–H and O–H groups in total. The first-order valence-corrected chi connectivity index (χ1v) is 10.5. The van der Waals surface area contributed by atoms with Crippen LogP contribution < -0.4 is 10.6 Å². The Hall–Kier alpha value is -1.94. The van der Waals surface area contributed by atoms with Gasteiger partial charge >= 0.3 is 0 Å². The smallest absolute Gasteiger partial charge is 0.191 e. The van der Waals surface area contributed by atoms with Gasteiger partial charge in [0.15, 0.2) is 5.96 Å². The van der Waals surface area contributed by atoms with Gasteiger partial charge in [0, 0.05) is 49.5 Å². The molecule has 29 heavy (non-hydrogen) atoms. The summed E-state index contributed by atoms with van der Waals surface area (Å²) in [5.41, 5.74) is 1.33. The number of benzene rings is 1. The third kappa shape index (κ3) is 7.77. The van der Waals surface area contributed by atoms with Crippen molar-refractivity contribution in [1.29, 1.82) is 0 Å². The summed E-state index contributed by atoms with van der Waals surface area (Å²) in [7, 11) is 0. The predicted octanol–water partition coefficient (Wildman–Crippen LogP) is 3.81. The van der Waals surface area contributed by atoms with Gasteiger partial charge in [-0.25, -0.2) is 15.0 Å². The van der Waals surface area contributed by atoms with Crippen molar-refractivity contribution in [3.63, 3.8) is 0 Å². The quantitative estimate of drug-likeness (QED) is 0.254. The lowest BCUT2D eigenvalue weighted by molar-refractivity contribution is 0.649. The molecule has 6 nitrogen and oxygen atoms in total. The lowest BCUT2D eigenvalue weighted by Gasteiger charge is -2.11. The summed E-state index contributed by atoms with van der Waals surface area (Å²) in [4.78, 5) is 14.8. The topological polar surface area (TPSA) is 67.1 Å². The number of halogens is 1. The number of thiazole rings is 1. The molecular weight excluding hydrogens is 495 g/mol. The summed E-state index contributed by atoms with van der Waals surface area (Å²) in [6.07, 6.45) is 7.68. The minimum absolute atomic E-state index is 0. The molecule has 0 atom stereocenters. The van der Waals surface area contributed by atoms with Crippen LogP contribution in [-0.2, 0) is 25.9 Å². The highest BCUT2D eigenvalue weighted by atomic mass is 127. The zero-order valence-electron chi connectivity index (χ0n) is 17.0. The maximum atomic E-state index is 4.70. The Balaban J connectivity index is 0.00000300. The summed E-state index contributed by atoms with van der Waals surface area (Å²) < 4.78 is 2.18. The molecule has 0 aliphatic rings. The summed E-state index contributed by atoms with van der Waals surface area (Å²) in [5.74, 6) is 1.79. The molecule has 3 rings (SSSR count). The molecule has 0 saturated carbocycles. The Bertz CT molecular complexity index is 874. The molecule has 156 valence electrons. The van der Waals surface area contributed by atoms with Crippen LogP contribution in [0.3, 0.4) is 0 Å². The SMILES string of the molecule is CCNC(=NCc1nccn1CCc1ccccc1)NCCc1ncc(C)s1.I. The number of nitrogens with one attached hydrogen (secondary N) is 2. The van der Waals surface area contributed by atoms with E-state index in [1.54, 1.807) is 11.3 Å². The first-order chi connectivity index (χ1) is 13.7. The van der Waals surface area contributed by atoms with Crippen molar-refractivity contribution in [3.8, 4) is 0 Å². The highest BCUT2D eigenvalue weighted by Crippen LogP contribution is 2.11. The van der Waals surface area contributed by atoms with Crippen molar-refractivity contribution in [3.05, 3.63) is 70.2 Å². The maximum absolute atomic E-state index is 4.70. The van der Waals surface area contributed by atoms with Gasteiger partial charge in [-0.2, -0.15) is 0 Å². The number of hydrogen-bond acceptors (Lipinski definition) is 4. The third-order valence-corrected chi connectivity index (χ3v) is 5.28. The minimum atomic E-state index is 0. The molecule has 0 fully saturated rings. The first-order valence-electron chi connectivity index (χ1n) is 9.72. The van der Waals surface area contributed by atoms with Gasteiger partial charge in [0.25, 0.3) is 0 Å². The van der Waals surface area contributed by atoms with Crippen LogP contribution in [0, 0.1) is 6.92 Å². The Morgan fingerprint density at radius 1 is 1.14 bits per heavy atom. The molecule has 0 unspecified atom stereocenters. The van der Waals surface area contributed by atoms with Gasteiger partial charge in [0.1, 0.15) is 12.4 Å². The number of aliphatic imine (C=N–C) groups is 1. The van der Waals surface area contributed by atoms with Crippen LogP contribution in [0.2, 0.25) is 0 Å². The molecule has 0 spiro atoms. The van der Waals surface area contributed by atoms with Gasteiger partial charge in [0.2, 0.25) is 0 Å². The fraction of sp³-hybridized carbons (Fsp3) is 0.381. The average Bonchev–Trinajstić information content (AvgIpc) is 3.34. The molecule has 0 amide bonds. The number of rotatable bonds is 9. The summed E-state index contributed by atoms with van der Waals surface area (Å²) in [5, 5.41) is 7.84. The number of nitrogens with zero attached hydrogens (tertiary/aromatic N) is 4. The standard InChI is InChI=1S/C21H28N6S.HI/c1-3-22-21(24-11-9-20-25-15-17(2)28-20)26-16-19-23-12-14-27(19)13-10-18-7-5-4-6-8-18;/h4-8,12,14-15H,3,9-11,13,16H2,1-2H3,(H2,22,24,26);1H. The Morgan fingerprint density at radius 2 is 1.97 bits per heavy atom.